The lowest BCUT2D eigenvalue weighted by molar-refractivity contribution is -0.130. The quantitative estimate of drug-likeness (QED) is 0.907. The smallest absolute Gasteiger partial charge is 0.266 e. The van der Waals surface area contributed by atoms with Gasteiger partial charge in [-0.1, -0.05) is 12.1 Å². The predicted octanol–water partition coefficient (Wildman–Crippen LogP) is 2.25. The number of amides is 2. The number of rotatable bonds is 4. The SMILES string of the molecule is C[C@H](NC(=O)C[C@@H]1Oc2ccccc2NC1=O)c1ccco1. The van der Waals surface area contributed by atoms with Gasteiger partial charge in [0.15, 0.2) is 6.10 Å². The van der Waals surface area contributed by atoms with Crippen molar-refractivity contribution >= 4 is 17.5 Å². The van der Waals surface area contributed by atoms with Crippen molar-refractivity contribution in [2.45, 2.75) is 25.5 Å². The average Bonchev–Trinajstić information content (AvgIpc) is 3.02. The Balaban J connectivity index is 1.61. The van der Waals surface area contributed by atoms with Gasteiger partial charge in [-0.25, -0.2) is 0 Å². The second kappa shape index (κ2) is 5.93. The van der Waals surface area contributed by atoms with Gasteiger partial charge in [-0.05, 0) is 31.2 Å². The molecule has 1 aliphatic rings. The van der Waals surface area contributed by atoms with Gasteiger partial charge in [0.05, 0.1) is 24.4 Å². The highest BCUT2D eigenvalue weighted by atomic mass is 16.5. The fourth-order valence-corrected chi connectivity index (χ4v) is 2.30. The van der Waals surface area contributed by atoms with Crippen LogP contribution >= 0.6 is 0 Å². The summed E-state index contributed by atoms with van der Waals surface area (Å²) in [6, 6.07) is 10.4. The van der Waals surface area contributed by atoms with Crippen LogP contribution in [-0.4, -0.2) is 17.9 Å². The third kappa shape index (κ3) is 2.95. The van der Waals surface area contributed by atoms with Crippen molar-refractivity contribution in [3.8, 4) is 5.75 Å². The summed E-state index contributed by atoms with van der Waals surface area (Å²) in [5, 5.41) is 5.52. The van der Waals surface area contributed by atoms with Crippen LogP contribution in [0.4, 0.5) is 5.69 Å². The highest BCUT2D eigenvalue weighted by Gasteiger charge is 2.30. The van der Waals surface area contributed by atoms with Gasteiger partial charge in [0.2, 0.25) is 5.91 Å². The van der Waals surface area contributed by atoms with E-state index >= 15 is 0 Å². The molecule has 2 N–H and O–H groups in total. The Kier molecular flexibility index (Phi) is 3.82. The number of para-hydroxylation sites is 2. The molecule has 2 atom stereocenters. The van der Waals surface area contributed by atoms with Gasteiger partial charge in [-0.3, -0.25) is 9.59 Å². The molecule has 6 heteroatoms. The first-order chi connectivity index (χ1) is 10.6. The van der Waals surface area contributed by atoms with Crippen molar-refractivity contribution in [1.29, 1.82) is 0 Å². The van der Waals surface area contributed by atoms with E-state index in [1.54, 1.807) is 36.6 Å². The fourth-order valence-electron chi connectivity index (χ4n) is 2.30. The molecule has 1 aliphatic heterocycles. The number of hydrogen-bond donors (Lipinski definition) is 2. The Morgan fingerprint density at radius 1 is 1.32 bits per heavy atom. The molecule has 2 amide bonds. The average molecular weight is 300 g/mol. The van der Waals surface area contributed by atoms with Crippen LogP contribution in [0.5, 0.6) is 5.75 Å². The molecule has 0 saturated heterocycles. The molecular formula is C16H16N2O4. The van der Waals surface area contributed by atoms with Gasteiger partial charge in [-0.2, -0.15) is 0 Å². The third-order valence-corrected chi connectivity index (χ3v) is 3.42. The van der Waals surface area contributed by atoms with Crippen LogP contribution in [0, 0.1) is 0 Å². The first kappa shape index (κ1) is 14.2. The molecule has 1 aromatic carbocycles. The van der Waals surface area contributed by atoms with E-state index in [-0.39, 0.29) is 24.3 Å². The predicted molar refractivity (Wildman–Crippen MR) is 79.4 cm³/mol. The van der Waals surface area contributed by atoms with Crippen LogP contribution < -0.4 is 15.4 Å². The van der Waals surface area contributed by atoms with Crippen molar-refractivity contribution in [2.24, 2.45) is 0 Å². The van der Waals surface area contributed by atoms with Crippen molar-refractivity contribution in [3.63, 3.8) is 0 Å². The van der Waals surface area contributed by atoms with Gasteiger partial charge in [-0.15, -0.1) is 0 Å². The first-order valence-electron chi connectivity index (χ1n) is 7.03. The zero-order chi connectivity index (χ0) is 15.5. The highest BCUT2D eigenvalue weighted by Crippen LogP contribution is 2.29. The maximum atomic E-state index is 12.1. The van der Waals surface area contributed by atoms with Crippen LogP contribution in [0.2, 0.25) is 0 Å². The molecule has 2 aromatic rings. The molecule has 22 heavy (non-hydrogen) atoms. The van der Waals surface area contributed by atoms with Gasteiger partial charge >= 0.3 is 0 Å². The van der Waals surface area contributed by atoms with Crippen molar-refractivity contribution < 1.29 is 18.7 Å². The molecule has 114 valence electrons. The van der Waals surface area contributed by atoms with Gasteiger partial charge in [0, 0.05) is 0 Å². The van der Waals surface area contributed by atoms with Crippen LogP contribution in [0.3, 0.4) is 0 Å². The summed E-state index contributed by atoms with van der Waals surface area (Å²) in [6.45, 7) is 1.81. The minimum Gasteiger partial charge on any atom is -0.478 e. The number of anilines is 1. The monoisotopic (exact) mass is 300 g/mol. The minimum absolute atomic E-state index is 0.0504. The zero-order valence-electron chi connectivity index (χ0n) is 12.0. The summed E-state index contributed by atoms with van der Waals surface area (Å²) in [6.07, 6.45) is 0.663. The van der Waals surface area contributed by atoms with Crippen LogP contribution in [-0.2, 0) is 9.59 Å². The lowest BCUT2D eigenvalue weighted by atomic mass is 10.1. The number of carbonyl (C=O) groups excluding carboxylic acids is 2. The molecule has 0 spiro atoms. The number of nitrogens with one attached hydrogen (secondary N) is 2. The standard InChI is InChI=1S/C16H16N2O4/c1-10(12-7-4-8-21-12)17-15(19)9-14-16(20)18-11-5-2-3-6-13(11)22-14/h2-8,10,14H,9H2,1H3,(H,17,19)(H,18,20)/t10-,14-/m0/s1. The Hall–Kier alpha value is -2.76. The fraction of sp³-hybridized carbons (Fsp3) is 0.250. The maximum absolute atomic E-state index is 12.1. The molecule has 0 unspecified atom stereocenters. The van der Waals surface area contributed by atoms with E-state index in [4.69, 9.17) is 9.15 Å². The number of ether oxygens (including phenoxy) is 1. The summed E-state index contributed by atoms with van der Waals surface area (Å²) in [5.41, 5.74) is 0.619. The maximum Gasteiger partial charge on any atom is 0.266 e. The Bertz CT molecular complexity index is 681. The van der Waals surface area contributed by atoms with E-state index in [9.17, 15) is 9.59 Å². The zero-order valence-corrected chi connectivity index (χ0v) is 12.0. The molecule has 6 nitrogen and oxygen atoms in total. The van der Waals surface area contributed by atoms with E-state index < -0.39 is 6.10 Å². The van der Waals surface area contributed by atoms with Crippen LogP contribution in [0.15, 0.2) is 47.1 Å². The number of carbonyl (C=O) groups is 2. The summed E-state index contributed by atoms with van der Waals surface area (Å²) in [4.78, 5) is 24.0. The van der Waals surface area contributed by atoms with E-state index in [1.807, 2.05) is 13.0 Å². The molecule has 0 aliphatic carbocycles. The second-order valence-corrected chi connectivity index (χ2v) is 5.10. The van der Waals surface area contributed by atoms with Gasteiger partial charge in [0.25, 0.3) is 5.91 Å². The summed E-state index contributed by atoms with van der Waals surface area (Å²) < 4.78 is 10.8. The third-order valence-electron chi connectivity index (χ3n) is 3.42. The second-order valence-electron chi connectivity index (χ2n) is 5.10. The lowest BCUT2D eigenvalue weighted by Crippen LogP contribution is -2.41. The molecular weight excluding hydrogens is 284 g/mol. The number of fused-ring (bicyclic) bond motifs is 1. The van der Waals surface area contributed by atoms with E-state index in [0.29, 0.717) is 17.2 Å². The van der Waals surface area contributed by atoms with Crippen molar-refractivity contribution in [1.82, 2.24) is 5.32 Å². The molecule has 0 radical (unpaired) electrons. The van der Waals surface area contributed by atoms with Crippen LogP contribution in [0.25, 0.3) is 0 Å². The van der Waals surface area contributed by atoms with Crippen LogP contribution in [0.1, 0.15) is 25.1 Å². The number of benzene rings is 1. The van der Waals surface area contributed by atoms with E-state index in [0.717, 1.165) is 0 Å². The van der Waals surface area contributed by atoms with Crippen molar-refractivity contribution in [3.05, 3.63) is 48.4 Å². The molecule has 2 heterocycles. The normalized spacial score (nSPS) is 17.9. The summed E-state index contributed by atoms with van der Waals surface area (Å²) >= 11 is 0. The topological polar surface area (TPSA) is 80.6 Å². The first-order valence-corrected chi connectivity index (χ1v) is 7.03. The van der Waals surface area contributed by atoms with E-state index in [2.05, 4.69) is 10.6 Å². The number of hydrogen-bond acceptors (Lipinski definition) is 4. The molecule has 0 bridgehead atoms. The molecule has 3 rings (SSSR count). The molecule has 0 fully saturated rings. The molecule has 1 aromatic heterocycles. The minimum atomic E-state index is -0.835. The summed E-state index contributed by atoms with van der Waals surface area (Å²) in [5.74, 6) is 0.634. The number of furan rings is 1. The highest BCUT2D eigenvalue weighted by molar-refractivity contribution is 5.99. The van der Waals surface area contributed by atoms with Crippen molar-refractivity contribution in [2.75, 3.05) is 5.32 Å². The van der Waals surface area contributed by atoms with Gasteiger partial charge < -0.3 is 19.8 Å². The Morgan fingerprint density at radius 3 is 2.91 bits per heavy atom. The Labute approximate surface area is 127 Å². The summed E-state index contributed by atoms with van der Waals surface area (Å²) in [7, 11) is 0. The van der Waals surface area contributed by atoms with Gasteiger partial charge in [0.1, 0.15) is 11.5 Å². The largest absolute Gasteiger partial charge is 0.478 e. The Morgan fingerprint density at radius 2 is 2.14 bits per heavy atom. The molecule has 0 saturated carbocycles. The van der Waals surface area contributed by atoms with E-state index in [1.165, 1.54) is 0 Å². The lowest BCUT2D eigenvalue weighted by Gasteiger charge is -2.25.